The average Bonchev–Trinajstić information content (AvgIpc) is 2.86. The maximum Gasteiger partial charge on any atom is 0.325 e. The Bertz CT molecular complexity index is 683. The molecule has 1 heterocycles. The second-order valence-electron chi connectivity index (χ2n) is 5.48. The molecule has 0 aliphatic heterocycles. The first kappa shape index (κ1) is 17.0. The van der Waals surface area contributed by atoms with E-state index in [-0.39, 0.29) is 11.9 Å². The molecule has 0 unspecified atom stereocenters. The molecule has 0 atom stereocenters. The zero-order valence-corrected chi connectivity index (χ0v) is 14.2. The first-order valence-corrected chi connectivity index (χ1v) is 8.16. The highest BCUT2D eigenvalue weighted by Crippen LogP contribution is 2.22. The molecule has 0 aliphatic carbocycles. The number of hydrogen-bond acceptors (Lipinski definition) is 4. The normalized spacial score (nSPS) is 10.4. The predicted molar refractivity (Wildman–Crippen MR) is 93.1 cm³/mol. The van der Waals surface area contributed by atoms with Gasteiger partial charge in [0.05, 0.1) is 5.69 Å². The highest BCUT2D eigenvalue weighted by molar-refractivity contribution is 7.17. The molecular weight excluding hydrogens is 312 g/mol. The van der Waals surface area contributed by atoms with Gasteiger partial charge in [-0.1, -0.05) is 43.4 Å². The fourth-order valence-electron chi connectivity index (χ4n) is 1.82. The van der Waals surface area contributed by atoms with Gasteiger partial charge in [0.15, 0.2) is 5.13 Å². The molecule has 6 nitrogen and oxygen atoms in total. The zero-order valence-electron chi connectivity index (χ0n) is 13.3. The topological polar surface area (TPSA) is 83.1 Å². The van der Waals surface area contributed by atoms with E-state index < -0.39 is 0 Å². The van der Waals surface area contributed by atoms with Gasteiger partial charge in [-0.25, -0.2) is 9.78 Å². The molecule has 3 amide bonds. The first-order valence-electron chi connectivity index (χ1n) is 7.34. The van der Waals surface area contributed by atoms with Gasteiger partial charge >= 0.3 is 6.03 Å². The van der Waals surface area contributed by atoms with E-state index in [2.05, 4.69) is 20.9 Å². The Balaban J connectivity index is 1.97. The first-order chi connectivity index (χ1) is 11.0. The highest BCUT2D eigenvalue weighted by Gasteiger charge is 2.16. The van der Waals surface area contributed by atoms with E-state index in [1.165, 1.54) is 0 Å². The van der Waals surface area contributed by atoms with Crippen molar-refractivity contribution in [3.63, 3.8) is 0 Å². The third kappa shape index (κ3) is 5.07. The van der Waals surface area contributed by atoms with E-state index in [1.54, 1.807) is 19.1 Å². The predicted octanol–water partition coefficient (Wildman–Crippen LogP) is 3.48. The molecule has 2 rings (SSSR count). The molecule has 0 fully saturated rings. The Hall–Kier alpha value is -2.41. The van der Waals surface area contributed by atoms with Crippen LogP contribution in [0.1, 0.15) is 29.2 Å². The van der Waals surface area contributed by atoms with E-state index in [0.717, 1.165) is 11.3 Å². The number of thiazole rings is 1. The summed E-state index contributed by atoms with van der Waals surface area (Å²) in [5.41, 5.74) is 1.29. The van der Waals surface area contributed by atoms with Gasteiger partial charge in [-0.2, -0.15) is 0 Å². The quantitative estimate of drug-likeness (QED) is 0.784. The molecule has 0 aliphatic rings. The Morgan fingerprint density at radius 3 is 2.52 bits per heavy atom. The summed E-state index contributed by atoms with van der Waals surface area (Å²) in [6.07, 6.45) is 0. The number of urea groups is 1. The summed E-state index contributed by atoms with van der Waals surface area (Å²) >= 11 is 1.16. The van der Waals surface area contributed by atoms with Crippen LogP contribution in [-0.2, 0) is 0 Å². The van der Waals surface area contributed by atoms with Gasteiger partial charge in [0.25, 0.3) is 5.91 Å². The van der Waals surface area contributed by atoms with E-state index in [1.807, 2.05) is 32.0 Å². The van der Waals surface area contributed by atoms with Crippen molar-refractivity contribution in [1.29, 1.82) is 0 Å². The Morgan fingerprint density at radius 2 is 1.87 bits per heavy atom. The molecule has 3 N–H and O–H groups in total. The van der Waals surface area contributed by atoms with Crippen molar-refractivity contribution in [2.24, 2.45) is 5.92 Å². The van der Waals surface area contributed by atoms with Crippen LogP contribution in [-0.4, -0.2) is 23.5 Å². The number of hydrogen-bond donors (Lipinski definition) is 3. The van der Waals surface area contributed by atoms with Gasteiger partial charge in [0, 0.05) is 12.2 Å². The van der Waals surface area contributed by atoms with Crippen LogP contribution in [0.15, 0.2) is 30.3 Å². The van der Waals surface area contributed by atoms with Crippen molar-refractivity contribution in [2.75, 3.05) is 17.2 Å². The van der Waals surface area contributed by atoms with Crippen LogP contribution in [0.25, 0.3) is 0 Å². The van der Waals surface area contributed by atoms with Crippen LogP contribution in [0, 0.1) is 12.8 Å². The monoisotopic (exact) mass is 332 g/mol. The lowest BCUT2D eigenvalue weighted by atomic mass is 10.2. The third-order valence-electron chi connectivity index (χ3n) is 2.93. The minimum Gasteiger partial charge on any atom is -0.351 e. The zero-order chi connectivity index (χ0) is 16.8. The molecule has 0 spiro atoms. The van der Waals surface area contributed by atoms with Crippen LogP contribution in [0.3, 0.4) is 0 Å². The van der Waals surface area contributed by atoms with Crippen LogP contribution in [0.2, 0.25) is 0 Å². The van der Waals surface area contributed by atoms with Gasteiger partial charge in [0.2, 0.25) is 0 Å². The van der Waals surface area contributed by atoms with Gasteiger partial charge in [-0.3, -0.25) is 10.1 Å². The summed E-state index contributed by atoms with van der Waals surface area (Å²) in [6.45, 7) is 6.41. The van der Waals surface area contributed by atoms with Gasteiger partial charge < -0.3 is 10.6 Å². The number of anilines is 2. The lowest BCUT2D eigenvalue weighted by molar-refractivity contribution is 0.0952. The third-order valence-corrected chi connectivity index (χ3v) is 4.00. The number of benzene rings is 1. The molecule has 23 heavy (non-hydrogen) atoms. The molecule has 7 heteroatoms. The number of nitrogens with zero attached hydrogens (tertiary/aromatic N) is 1. The molecule has 2 aromatic rings. The molecule has 1 aromatic heterocycles. The summed E-state index contributed by atoms with van der Waals surface area (Å²) in [6, 6.07) is 8.73. The standard InChI is InChI=1S/C16H20N4O2S/c1-10(2)9-17-14(21)13-11(3)18-16(23-13)20-15(22)19-12-7-5-4-6-8-12/h4-8,10H,9H2,1-3H3,(H,17,21)(H2,18,19,20,22). The summed E-state index contributed by atoms with van der Waals surface area (Å²) in [5.74, 6) is 0.214. The fourth-order valence-corrected chi connectivity index (χ4v) is 2.70. The number of rotatable bonds is 5. The van der Waals surface area contributed by atoms with Crippen LogP contribution in [0.5, 0.6) is 0 Å². The molecule has 0 saturated carbocycles. The maximum absolute atomic E-state index is 12.1. The van der Waals surface area contributed by atoms with Crippen LogP contribution < -0.4 is 16.0 Å². The van der Waals surface area contributed by atoms with Crippen LogP contribution in [0.4, 0.5) is 15.6 Å². The van der Waals surface area contributed by atoms with E-state index in [0.29, 0.717) is 33.9 Å². The smallest absolute Gasteiger partial charge is 0.325 e. The number of nitrogens with one attached hydrogen (secondary N) is 3. The molecule has 0 radical (unpaired) electrons. The summed E-state index contributed by atoms with van der Waals surface area (Å²) in [4.78, 5) is 28.8. The van der Waals surface area contributed by atoms with Crippen molar-refractivity contribution in [2.45, 2.75) is 20.8 Å². The molecule has 122 valence electrons. The van der Waals surface area contributed by atoms with E-state index in [4.69, 9.17) is 0 Å². The van der Waals surface area contributed by atoms with Crippen molar-refractivity contribution in [3.8, 4) is 0 Å². The van der Waals surface area contributed by atoms with E-state index >= 15 is 0 Å². The lowest BCUT2D eigenvalue weighted by Gasteiger charge is -2.06. The minimum atomic E-state index is -0.390. The van der Waals surface area contributed by atoms with Crippen molar-refractivity contribution in [1.82, 2.24) is 10.3 Å². The Labute approximate surface area is 139 Å². The molecule has 0 bridgehead atoms. The summed E-state index contributed by atoms with van der Waals surface area (Å²) in [7, 11) is 0. The number of carbonyl (C=O) groups excluding carboxylic acids is 2. The number of amides is 3. The number of para-hydroxylation sites is 1. The lowest BCUT2D eigenvalue weighted by Crippen LogP contribution is -2.27. The van der Waals surface area contributed by atoms with Crippen LogP contribution >= 0.6 is 11.3 Å². The van der Waals surface area contributed by atoms with Gasteiger partial charge in [-0.05, 0) is 25.0 Å². The second kappa shape index (κ2) is 7.73. The fraction of sp³-hybridized carbons (Fsp3) is 0.312. The van der Waals surface area contributed by atoms with Gasteiger partial charge in [0.1, 0.15) is 4.88 Å². The van der Waals surface area contributed by atoms with Crippen molar-refractivity contribution in [3.05, 3.63) is 40.9 Å². The average molecular weight is 332 g/mol. The molecule has 0 saturated heterocycles. The number of aromatic nitrogens is 1. The van der Waals surface area contributed by atoms with Crippen molar-refractivity contribution >= 4 is 34.1 Å². The highest BCUT2D eigenvalue weighted by atomic mass is 32.1. The van der Waals surface area contributed by atoms with E-state index in [9.17, 15) is 9.59 Å². The second-order valence-corrected chi connectivity index (χ2v) is 6.48. The minimum absolute atomic E-state index is 0.162. The molecule has 1 aromatic carbocycles. The largest absolute Gasteiger partial charge is 0.351 e. The maximum atomic E-state index is 12.1. The summed E-state index contributed by atoms with van der Waals surface area (Å²) < 4.78 is 0. The Kier molecular flexibility index (Phi) is 5.70. The number of carbonyl (C=O) groups is 2. The molecular formula is C16H20N4O2S. The number of aryl methyl sites for hydroxylation is 1. The van der Waals surface area contributed by atoms with Gasteiger partial charge in [-0.15, -0.1) is 0 Å². The summed E-state index contributed by atoms with van der Waals surface area (Å²) in [5, 5.41) is 8.60. The Morgan fingerprint density at radius 1 is 1.17 bits per heavy atom. The SMILES string of the molecule is Cc1nc(NC(=O)Nc2ccccc2)sc1C(=O)NCC(C)C. The van der Waals surface area contributed by atoms with Crippen molar-refractivity contribution < 1.29 is 9.59 Å².